The minimum atomic E-state index is 0.605. The lowest BCUT2D eigenvalue weighted by atomic mass is 10.2. The molecule has 0 radical (unpaired) electrons. The Morgan fingerprint density at radius 1 is 1.42 bits per heavy atom. The van der Waals surface area contributed by atoms with E-state index in [1.54, 1.807) is 0 Å². The summed E-state index contributed by atoms with van der Waals surface area (Å²) in [6.45, 7) is 0. The van der Waals surface area contributed by atoms with Gasteiger partial charge in [-0.3, -0.25) is 9.20 Å². The van der Waals surface area contributed by atoms with Gasteiger partial charge >= 0.3 is 0 Å². The molecule has 0 N–H and O–H groups in total. The van der Waals surface area contributed by atoms with Crippen LogP contribution in [0.1, 0.15) is 16.1 Å². The molecule has 0 saturated heterocycles. The van der Waals surface area contributed by atoms with Gasteiger partial charge in [0.2, 0.25) is 0 Å². The molecule has 0 bridgehead atoms. The van der Waals surface area contributed by atoms with Crippen LogP contribution in [0.25, 0.3) is 4.96 Å². The third-order valence-corrected chi connectivity index (χ3v) is 4.85. The first-order valence-corrected chi connectivity index (χ1v) is 7.81. The average molecular weight is 309 g/mol. The molecule has 3 nitrogen and oxygen atoms in total. The Kier molecular flexibility index (Phi) is 3.59. The van der Waals surface area contributed by atoms with E-state index in [0.29, 0.717) is 11.4 Å². The zero-order valence-corrected chi connectivity index (χ0v) is 12.1. The third-order valence-electron chi connectivity index (χ3n) is 2.70. The van der Waals surface area contributed by atoms with Crippen LogP contribution in [0, 0.1) is 0 Å². The maximum Gasteiger partial charge on any atom is 0.195 e. The van der Waals surface area contributed by atoms with E-state index in [4.69, 9.17) is 11.6 Å². The van der Waals surface area contributed by atoms with Crippen molar-refractivity contribution in [1.82, 2.24) is 9.38 Å². The summed E-state index contributed by atoms with van der Waals surface area (Å²) in [5.74, 6) is 0.700. The lowest BCUT2D eigenvalue weighted by molar-refractivity contribution is 0.111. The molecule has 0 spiro atoms. The van der Waals surface area contributed by atoms with Crippen molar-refractivity contribution in [1.29, 1.82) is 0 Å². The molecule has 0 saturated carbocycles. The first-order chi connectivity index (χ1) is 9.29. The second-order valence-corrected chi connectivity index (χ2v) is 6.10. The van der Waals surface area contributed by atoms with Crippen molar-refractivity contribution in [2.45, 2.75) is 10.8 Å². The van der Waals surface area contributed by atoms with Gasteiger partial charge in [-0.25, -0.2) is 4.98 Å². The maximum atomic E-state index is 11.2. The van der Waals surface area contributed by atoms with E-state index in [-0.39, 0.29) is 0 Å². The molecule has 19 heavy (non-hydrogen) atoms. The quantitative estimate of drug-likeness (QED) is 0.536. The van der Waals surface area contributed by atoms with Crippen LogP contribution < -0.4 is 0 Å². The topological polar surface area (TPSA) is 34.4 Å². The van der Waals surface area contributed by atoms with Crippen molar-refractivity contribution in [2.24, 2.45) is 0 Å². The highest BCUT2D eigenvalue weighted by molar-refractivity contribution is 7.98. The highest BCUT2D eigenvalue weighted by atomic mass is 35.5. The molecule has 1 aromatic carbocycles. The van der Waals surface area contributed by atoms with Gasteiger partial charge in [0.15, 0.2) is 11.2 Å². The number of hydrogen-bond acceptors (Lipinski definition) is 4. The molecule has 2 aromatic heterocycles. The highest BCUT2D eigenvalue weighted by Crippen LogP contribution is 2.29. The lowest BCUT2D eigenvalue weighted by Crippen LogP contribution is -1.89. The molecule has 0 aliphatic heterocycles. The molecule has 0 aliphatic rings. The molecule has 0 fully saturated rings. The van der Waals surface area contributed by atoms with E-state index in [0.717, 1.165) is 26.9 Å². The minimum absolute atomic E-state index is 0.605. The number of rotatable bonds is 4. The first kappa shape index (κ1) is 12.7. The van der Waals surface area contributed by atoms with Crippen LogP contribution in [0.5, 0.6) is 0 Å². The predicted molar refractivity (Wildman–Crippen MR) is 79.5 cm³/mol. The summed E-state index contributed by atoms with van der Waals surface area (Å²) >= 11 is 9.16. The smallest absolute Gasteiger partial charge is 0.195 e. The van der Waals surface area contributed by atoms with Crippen LogP contribution in [-0.2, 0) is 5.75 Å². The summed E-state index contributed by atoms with van der Waals surface area (Å²) in [4.78, 5) is 16.5. The van der Waals surface area contributed by atoms with Crippen molar-refractivity contribution in [3.63, 3.8) is 0 Å². The zero-order valence-electron chi connectivity index (χ0n) is 9.75. The van der Waals surface area contributed by atoms with E-state index in [1.807, 2.05) is 40.2 Å². The van der Waals surface area contributed by atoms with Gasteiger partial charge in [-0.2, -0.15) is 0 Å². The Morgan fingerprint density at radius 3 is 3.05 bits per heavy atom. The van der Waals surface area contributed by atoms with Crippen molar-refractivity contribution >= 4 is 45.9 Å². The Morgan fingerprint density at radius 2 is 2.26 bits per heavy atom. The van der Waals surface area contributed by atoms with E-state index >= 15 is 0 Å². The lowest BCUT2D eigenvalue weighted by Gasteiger charge is -2.02. The SMILES string of the molecule is O=Cc1c(SCc2ccccc2Cl)nc2sccn12. The number of benzene rings is 1. The standard InChI is InChI=1S/C13H9ClN2OS2/c14-10-4-2-1-3-9(10)8-19-12-11(7-17)16-5-6-18-13(16)15-12/h1-7H,8H2. The van der Waals surface area contributed by atoms with Gasteiger partial charge in [-0.1, -0.05) is 41.6 Å². The number of aldehydes is 1. The van der Waals surface area contributed by atoms with Crippen LogP contribution in [0.4, 0.5) is 0 Å². The van der Waals surface area contributed by atoms with Crippen LogP contribution in [0.2, 0.25) is 5.02 Å². The first-order valence-electron chi connectivity index (χ1n) is 5.56. The molecule has 2 heterocycles. The van der Waals surface area contributed by atoms with Gasteiger partial charge in [0.1, 0.15) is 10.7 Å². The summed E-state index contributed by atoms with van der Waals surface area (Å²) < 4.78 is 1.81. The summed E-state index contributed by atoms with van der Waals surface area (Å²) in [7, 11) is 0. The number of nitrogens with zero attached hydrogens (tertiary/aromatic N) is 2. The fourth-order valence-corrected chi connectivity index (χ4v) is 3.81. The molecular weight excluding hydrogens is 300 g/mol. The van der Waals surface area contributed by atoms with Crippen LogP contribution in [0.3, 0.4) is 0 Å². The molecule has 3 rings (SSSR count). The van der Waals surface area contributed by atoms with Crippen LogP contribution >= 0.6 is 34.7 Å². The van der Waals surface area contributed by atoms with E-state index < -0.39 is 0 Å². The molecule has 6 heteroatoms. The summed E-state index contributed by atoms with van der Waals surface area (Å²) in [6, 6.07) is 7.70. The monoisotopic (exact) mass is 308 g/mol. The molecule has 0 atom stereocenters. The number of hydrogen-bond donors (Lipinski definition) is 0. The second kappa shape index (κ2) is 5.36. The number of carbonyl (C=O) groups is 1. The fraction of sp³-hybridized carbons (Fsp3) is 0.0769. The number of carbonyl (C=O) groups excluding carboxylic acids is 1. The fourth-order valence-electron chi connectivity index (χ4n) is 1.76. The van der Waals surface area contributed by atoms with Gasteiger partial charge in [0.05, 0.1) is 0 Å². The summed E-state index contributed by atoms with van der Waals surface area (Å²) in [5, 5.41) is 3.41. The molecule has 96 valence electrons. The third kappa shape index (κ3) is 2.41. The normalized spacial score (nSPS) is 11.0. The number of thiazole rings is 1. The number of fused-ring (bicyclic) bond motifs is 1. The van der Waals surface area contributed by atoms with Crippen molar-refractivity contribution < 1.29 is 4.79 Å². The molecular formula is C13H9ClN2OS2. The predicted octanol–water partition coefficient (Wildman–Crippen LogP) is 4.15. The van der Waals surface area contributed by atoms with Crippen molar-refractivity contribution in [3.05, 3.63) is 52.1 Å². The number of imidazole rings is 1. The molecule has 0 amide bonds. The summed E-state index contributed by atoms with van der Waals surface area (Å²) in [6.07, 6.45) is 2.71. The van der Waals surface area contributed by atoms with Gasteiger partial charge < -0.3 is 0 Å². The Hall–Kier alpha value is -1.30. The van der Waals surface area contributed by atoms with E-state index in [1.165, 1.54) is 23.1 Å². The van der Waals surface area contributed by atoms with Crippen molar-refractivity contribution in [3.8, 4) is 0 Å². The number of halogens is 1. The Labute approximate surface area is 123 Å². The number of aromatic nitrogens is 2. The van der Waals surface area contributed by atoms with Gasteiger partial charge in [0.25, 0.3) is 0 Å². The van der Waals surface area contributed by atoms with Gasteiger partial charge in [-0.05, 0) is 11.6 Å². The average Bonchev–Trinajstić information content (AvgIpc) is 2.97. The second-order valence-electron chi connectivity index (χ2n) is 3.86. The van der Waals surface area contributed by atoms with E-state index in [9.17, 15) is 4.79 Å². The van der Waals surface area contributed by atoms with Crippen molar-refractivity contribution in [2.75, 3.05) is 0 Å². The largest absolute Gasteiger partial charge is 0.296 e. The van der Waals surface area contributed by atoms with Crippen LogP contribution in [-0.4, -0.2) is 15.7 Å². The maximum absolute atomic E-state index is 11.2. The summed E-state index contributed by atoms with van der Waals surface area (Å²) in [5.41, 5.74) is 1.65. The Balaban J connectivity index is 1.87. The number of thioether (sulfide) groups is 1. The minimum Gasteiger partial charge on any atom is -0.296 e. The molecule has 3 aromatic rings. The van der Waals surface area contributed by atoms with E-state index in [2.05, 4.69) is 4.98 Å². The molecule has 0 unspecified atom stereocenters. The van der Waals surface area contributed by atoms with Gasteiger partial charge in [0, 0.05) is 22.4 Å². The molecule has 0 aliphatic carbocycles. The van der Waals surface area contributed by atoms with Crippen LogP contribution in [0.15, 0.2) is 40.9 Å². The van der Waals surface area contributed by atoms with Gasteiger partial charge in [-0.15, -0.1) is 11.3 Å². The Bertz CT molecular complexity index is 735. The highest BCUT2D eigenvalue weighted by Gasteiger charge is 2.13. The zero-order chi connectivity index (χ0) is 13.2.